The van der Waals surface area contributed by atoms with Crippen LogP contribution in [0.3, 0.4) is 0 Å². The van der Waals surface area contributed by atoms with Gasteiger partial charge in [0.2, 0.25) is 9.84 Å². The zero-order valence-corrected chi connectivity index (χ0v) is 10.5. The van der Waals surface area contributed by atoms with Crippen LogP contribution in [0.2, 0.25) is 0 Å². The van der Waals surface area contributed by atoms with Gasteiger partial charge in [-0.15, -0.1) is 0 Å². The smallest absolute Gasteiger partial charge is 0.203 e. The molecule has 92 valence electrons. The number of hydrogen-bond donors (Lipinski definition) is 1. The molecular weight excluding hydrogens is 238 g/mol. The van der Waals surface area contributed by atoms with Crippen LogP contribution in [0.4, 0.5) is 0 Å². The van der Waals surface area contributed by atoms with E-state index in [1.807, 2.05) is 0 Å². The van der Waals surface area contributed by atoms with E-state index >= 15 is 0 Å². The summed E-state index contributed by atoms with van der Waals surface area (Å²) < 4.78 is 29.6. The second kappa shape index (κ2) is 4.50. The van der Waals surface area contributed by atoms with E-state index < -0.39 is 9.84 Å². The molecule has 5 heteroatoms. The van der Waals surface area contributed by atoms with Crippen molar-refractivity contribution in [1.82, 2.24) is 0 Å². The Hall–Kier alpha value is -1.33. The first-order valence-electron chi connectivity index (χ1n) is 5.44. The molecule has 0 aliphatic carbocycles. The molecule has 0 saturated carbocycles. The fourth-order valence-electron chi connectivity index (χ4n) is 1.94. The lowest BCUT2D eigenvalue weighted by Crippen LogP contribution is -2.04. The Morgan fingerprint density at radius 2 is 2.12 bits per heavy atom. The largest absolute Gasteiger partial charge is 0.496 e. The van der Waals surface area contributed by atoms with Crippen molar-refractivity contribution in [3.05, 3.63) is 28.7 Å². The van der Waals surface area contributed by atoms with E-state index in [2.05, 4.69) is 0 Å². The molecule has 1 aliphatic heterocycles. The van der Waals surface area contributed by atoms with E-state index in [1.54, 1.807) is 24.3 Å². The van der Waals surface area contributed by atoms with Gasteiger partial charge in [0.25, 0.3) is 0 Å². The topological polar surface area (TPSA) is 69.4 Å². The Morgan fingerprint density at radius 1 is 1.35 bits per heavy atom. The number of ether oxygens (including phenoxy) is 1. The van der Waals surface area contributed by atoms with Crippen molar-refractivity contribution in [2.45, 2.75) is 17.7 Å². The molecule has 0 aromatic heterocycles. The van der Waals surface area contributed by atoms with E-state index in [9.17, 15) is 8.42 Å². The molecule has 1 heterocycles. The first kappa shape index (κ1) is 12.1. The van der Waals surface area contributed by atoms with Crippen LogP contribution in [0.15, 0.2) is 28.0 Å². The van der Waals surface area contributed by atoms with Crippen LogP contribution >= 0.6 is 0 Å². The van der Waals surface area contributed by atoms with Crippen LogP contribution < -0.4 is 10.5 Å². The van der Waals surface area contributed by atoms with Crippen molar-refractivity contribution in [2.75, 3.05) is 13.7 Å². The molecule has 1 aromatic rings. The number of fused-ring (bicyclic) bond motifs is 1. The molecule has 1 aliphatic rings. The van der Waals surface area contributed by atoms with E-state index in [0.717, 1.165) is 0 Å². The highest BCUT2D eigenvalue weighted by Crippen LogP contribution is 2.39. The molecule has 1 aromatic carbocycles. The van der Waals surface area contributed by atoms with Crippen LogP contribution in [0, 0.1) is 0 Å². The van der Waals surface area contributed by atoms with Crippen molar-refractivity contribution in [1.29, 1.82) is 0 Å². The molecule has 0 amide bonds. The fraction of sp³-hybridized carbons (Fsp3) is 0.333. The first-order chi connectivity index (χ1) is 8.11. The summed E-state index contributed by atoms with van der Waals surface area (Å²) in [6.45, 7) is 0.486. The number of hydrogen-bond acceptors (Lipinski definition) is 4. The molecule has 0 bridgehead atoms. The number of rotatable bonds is 4. The number of sulfone groups is 1. The van der Waals surface area contributed by atoms with Gasteiger partial charge in [0, 0.05) is 5.56 Å². The van der Waals surface area contributed by atoms with Crippen LogP contribution in [0.5, 0.6) is 5.75 Å². The standard InChI is InChI=1S/C12H15NO3S/c1-16-11-5-2-6-12-10(11)8-9(4-3-7-13)17(12,14)15/h2,5-6,8H,3-4,7,13H2,1H3. The third-order valence-electron chi connectivity index (χ3n) is 2.81. The lowest BCUT2D eigenvalue weighted by Gasteiger charge is -2.05. The fourth-order valence-corrected chi connectivity index (χ4v) is 3.62. The summed E-state index contributed by atoms with van der Waals surface area (Å²) in [6, 6.07) is 5.06. The van der Waals surface area contributed by atoms with Gasteiger partial charge in [-0.05, 0) is 37.6 Å². The Bertz CT molecular complexity index is 561. The highest BCUT2D eigenvalue weighted by atomic mass is 32.2. The molecule has 0 radical (unpaired) electrons. The summed E-state index contributed by atoms with van der Waals surface area (Å²) in [6.07, 6.45) is 2.84. The van der Waals surface area contributed by atoms with Crippen molar-refractivity contribution >= 4 is 15.9 Å². The molecular formula is C12H15NO3S. The second-order valence-electron chi connectivity index (χ2n) is 3.88. The third-order valence-corrected chi connectivity index (χ3v) is 4.76. The number of allylic oxidation sites excluding steroid dienone is 1. The summed E-state index contributed by atoms with van der Waals surface area (Å²) in [5.41, 5.74) is 6.06. The predicted octanol–water partition coefficient (Wildman–Crippen LogP) is 1.56. The van der Waals surface area contributed by atoms with Crippen LogP contribution in [-0.4, -0.2) is 22.1 Å². The molecule has 0 spiro atoms. The Balaban J connectivity index is 2.49. The van der Waals surface area contributed by atoms with Gasteiger partial charge in [-0.25, -0.2) is 8.42 Å². The van der Waals surface area contributed by atoms with E-state index in [1.165, 1.54) is 7.11 Å². The molecule has 0 atom stereocenters. The molecule has 17 heavy (non-hydrogen) atoms. The normalized spacial score (nSPS) is 16.5. The maximum atomic E-state index is 12.2. The highest BCUT2D eigenvalue weighted by molar-refractivity contribution is 7.95. The minimum absolute atomic E-state index is 0.337. The lowest BCUT2D eigenvalue weighted by molar-refractivity contribution is 0.412. The predicted molar refractivity (Wildman–Crippen MR) is 66.4 cm³/mol. The third kappa shape index (κ3) is 1.96. The lowest BCUT2D eigenvalue weighted by atomic mass is 10.1. The number of methoxy groups -OCH3 is 1. The average molecular weight is 253 g/mol. The molecule has 0 fully saturated rings. The first-order valence-corrected chi connectivity index (χ1v) is 6.92. The minimum atomic E-state index is -3.33. The van der Waals surface area contributed by atoms with E-state index in [0.29, 0.717) is 40.5 Å². The van der Waals surface area contributed by atoms with Gasteiger partial charge in [0.1, 0.15) is 5.75 Å². The molecule has 2 N–H and O–H groups in total. The number of benzene rings is 1. The summed E-state index contributed by atoms with van der Waals surface area (Å²) >= 11 is 0. The van der Waals surface area contributed by atoms with Gasteiger partial charge in [-0.3, -0.25) is 0 Å². The monoisotopic (exact) mass is 253 g/mol. The summed E-state index contributed by atoms with van der Waals surface area (Å²) in [7, 11) is -1.79. The molecule has 0 unspecified atom stereocenters. The van der Waals surface area contributed by atoms with Crippen molar-refractivity contribution in [3.8, 4) is 5.75 Å². The highest BCUT2D eigenvalue weighted by Gasteiger charge is 2.30. The summed E-state index contributed by atoms with van der Waals surface area (Å²) in [4.78, 5) is 0.770. The van der Waals surface area contributed by atoms with Gasteiger partial charge in [-0.2, -0.15) is 0 Å². The van der Waals surface area contributed by atoms with Crippen molar-refractivity contribution < 1.29 is 13.2 Å². The second-order valence-corrected chi connectivity index (χ2v) is 5.85. The van der Waals surface area contributed by atoms with Crippen LogP contribution in [-0.2, 0) is 9.84 Å². The van der Waals surface area contributed by atoms with Crippen LogP contribution in [0.1, 0.15) is 18.4 Å². The van der Waals surface area contributed by atoms with E-state index in [4.69, 9.17) is 10.5 Å². The SMILES string of the molecule is COc1cccc2c1C=C(CCCN)S2(=O)=O. The Morgan fingerprint density at radius 3 is 2.76 bits per heavy atom. The Kier molecular flexibility index (Phi) is 3.22. The minimum Gasteiger partial charge on any atom is -0.496 e. The molecule has 4 nitrogen and oxygen atoms in total. The van der Waals surface area contributed by atoms with Gasteiger partial charge in [0.05, 0.1) is 16.9 Å². The van der Waals surface area contributed by atoms with Gasteiger partial charge >= 0.3 is 0 Å². The summed E-state index contributed by atoms with van der Waals surface area (Å²) in [5.74, 6) is 0.592. The van der Waals surface area contributed by atoms with Gasteiger partial charge in [0.15, 0.2) is 0 Å². The van der Waals surface area contributed by atoms with Crippen molar-refractivity contribution in [2.24, 2.45) is 5.73 Å². The molecule has 0 saturated heterocycles. The maximum Gasteiger partial charge on any atom is 0.203 e. The van der Waals surface area contributed by atoms with E-state index in [-0.39, 0.29) is 0 Å². The quantitative estimate of drug-likeness (QED) is 0.884. The van der Waals surface area contributed by atoms with Gasteiger partial charge < -0.3 is 10.5 Å². The van der Waals surface area contributed by atoms with Crippen LogP contribution in [0.25, 0.3) is 6.08 Å². The zero-order chi connectivity index (χ0) is 12.5. The zero-order valence-electron chi connectivity index (χ0n) is 9.64. The van der Waals surface area contributed by atoms with Crippen molar-refractivity contribution in [3.63, 3.8) is 0 Å². The number of nitrogens with two attached hydrogens (primary N) is 1. The maximum absolute atomic E-state index is 12.2. The average Bonchev–Trinajstić information content (AvgIpc) is 2.58. The van der Waals surface area contributed by atoms with Gasteiger partial charge in [-0.1, -0.05) is 6.07 Å². The summed E-state index contributed by atoms with van der Waals surface area (Å²) in [5, 5.41) is 0. The Labute approximate surface area is 101 Å². The molecule has 2 rings (SSSR count).